The lowest BCUT2D eigenvalue weighted by Crippen LogP contribution is -2.54. The summed E-state index contributed by atoms with van der Waals surface area (Å²) in [7, 11) is 0. The number of urea groups is 1. The smallest absolute Gasteiger partial charge is 0.315 e. The highest BCUT2D eigenvalue weighted by molar-refractivity contribution is 5.77. The van der Waals surface area contributed by atoms with Crippen LogP contribution in [0.15, 0.2) is 0 Å². The van der Waals surface area contributed by atoms with Gasteiger partial charge in [0.15, 0.2) is 0 Å². The molecule has 0 radical (unpaired) electrons. The average Bonchev–Trinajstić information content (AvgIpc) is 2.86. The van der Waals surface area contributed by atoms with Gasteiger partial charge in [0, 0.05) is 6.04 Å². The van der Waals surface area contributed by atoms with E-state index in [0.29, 0.717) is 5.92 Å². The minimum absolute atomic E-state index is 0.0260. The summed E-state index contributed by atoms with van der Waals surface area (Å²) < 4.78 is 0. The Hall–Kier alpha value is -1.26. The molecule has 0 aromatic heterocycles. The van der Waals surface area contributed by atoms with Gasteiger partial charge in [-0.25, -0.2) is 4.79 Å². The number of hydrogen-bond acceptors (Lipinski definition) is 2. The number of rotatable bonds is 5. The Morgan fingerprint density at radius 2 is 1.76 bits per heavy atom. The third-order valence-electron chi connectivity index (χ3n) is 5.14. The summed E-state index contributed by atoms with van der Waals surface area (Å²) in [4.78, 5) is 23.3. The molecule has 2 fully saturated rings. The molecule has 2 amide bonds. The lowest BCUT2D eigenvalue weighted by atomic mass is 9.84. The Balaban J connectivity index is 1.85. The number of aliphatic carboxylic acids is 1. The largest absolute Gasteiger partial charge is 0.481 e. The van der Waals surface area contributed by atoms with Crippen LogP contribution in [-0.2, 0) is 4.79 Å². The lowest BCUT2D eigenvalue weighted by molar-refractivity contribution is -0.138. The summed E-state index contributed by atoms with van der Waals surface area (Å²) in [5, 5.41) is 15.1. The number of amides is 2. The summed E-state index contributed by atoms with van der Waals surface area (Å²) in [6, 6.07) is -0.0372. The Labute approximate surface area is 126 Å². The van der Waals surface area contributed by atoms with Crippen molar-refractivity contribution in [2.75, 3.05) is 0 Å². The maximum Gasteiger partial charge on any atom is 0.315 e. The first-order valence-electron chi connectivity index (χ1n) is 8.31. The minimum Gasteiger partial charge on any atom is -0.481 e. The van der Waals surface area contributed by atoms with Crippen LogP contribution < -0.4 is 10.6 Å². The fourth-order valence-electron chi connectivity index (χ4n) is 3.92. The van der Waals surface area contributed by atoms with Gasteiger partial charge in [-0.3, -0.25) is 4.79 Å². The van der Waals surface area contributed by atoms with Gasteiger partial charge < -0.3 is 15.7 Å². The van der Waals surface area contributed by atoms with Gasteiger partial charge >= 0.3 is 12.0 Å². The summed E-state index contributed by atoms with van der Waals surface area (Å²) in [6.45, 7) is 2.06. The fourth-order valence-corrected chi connectivity index (χ4v) is 3.92. The molecule has 21 heavy (non-hydrogen) atoms. The van der Waals surface area contributed by atoms with Crippen LogP contribution in [0.3, 0.4) is 0 Å². The quantitative estimate of drug-likeness (QED) is 0.729. The van der Waals surface area contributed by atoms with E-state index in [0.717, 1.165) is 25.7 Å². The molecule has 1 atom stereocenters. The highest BCUT2D eigenvalue weighted by Crippen LogP contribution is 2.32. The SMILES string of the molecule is CC(NC(=O)NC1(CC(=O)O)CCCC1)C1CCCCC1. The van der Waals surface area contributed by atoms with Crippen LogP contribution >= 0.6 is 0 Å². The molecule has 0 aliphatic heterocycles. The lowest BCUT2D eigenvalue weighted by Gasteiger charge is -2.32. The zero-order valence-electron chi connectivity index (χ0n) is 13.0. The molecule has 5 nitrogen and oxygen atoms in total. The van der Waals surface area contributed by atoms with Gasteiger partial charge in [0.05, 0.1) is 12.0 Å². The van der Waals surface area contributed by atoms with Crippen molar-refractivity contribution in [3.63, 3.8) is 0 Å². The Kier molecular flexibility index (Phi) is 5.48. The van der Waals surface area contributed by atoms with Crippen LogP contribution in [0.1, 0.15) is 71.1 Å². The second-order valence-corrected chi connectivity index (χ2v) is 6.84. The molecule has 3 N–H and O–H groups in total. The second-order valence-electron chi connectivity index (χ2n) is 6.84. The molecule has 0 aromatic rings. The Bertz CT molecular complexity index is 372. The number of carbonyl (C=O) groups is 2. The van der Waals surface area contributed by atoms with Crippen LogP contribution in [0.5, 0.6) is 0 Å². The molecule has 1 unspecified atom stereocenters. The number of hydrogen-bond donors (Lipinski definition) is 3. The summed E-state index contributed by atoms with van der Waals surface area (Å²) >= 11 is 0. The molecule has 2 aliphatic rings. The van der Waals surface area contributed by atoms with Crippen LogP contribution in [0.4, 0.5) is 4.79 Å². The van der Waals surface area contributed by atoms with Crippen molar-refractivity contribution in [3.8, 4) is 0 Å². The van der Waals surface area contributed by atoms with Crippen molar-refractivity contribution in [2.45, 2.75) is 82.7 Å². The van der Waals surface area contributed by atoms with Crippen molar-refractivity contribution in [1.82, 2.24) is 10.6 Å². The zero-order valence-corrected chi connectivity index (χ0v) is 13.0. The Morgan fingerprint density at radius 3 is 2.33 bits per heavy atom. The van der Waals surface area contributed by atoms with E-state index >= 15 is 0 Å². The number of carboxylic acids is 1. The van der Waals surface area contributed by atoms with Crippen molar-refractivity contribution in [2.24, 2.45) is 5.92 Å². The van der Waals surface area contributed by atoms with Crippen molar-refractivity contribution in [3.05, 3.63) is 0 Å². The van der Waals surface area contributed by atoms with Gasteiger partial charge in [-0.1, -0.05) is 32.1 Å². The van der Waals surface area contributed by atoms with Crippen LogP contribution in [0.2, 0.25) is 0 Å². The molecule has 2 rings (SSSR count). The molecule has 120 valence electrons. The first kappa shape index (κ1) is 16.1. The Morgan fingerprint density at radius 1 is 1.14 bits per heavy atom. The van der Waals surface area contributed by atoms with Crippen molar-refractivity contribution < 1.29 is 14.7 Å². The van der Waals surface area contributed by atoms with Gasteiger partial charge in [0.2, 0.25) is 0 Å². The third-order valence-corrected chi connectivity index (χ3v) is 5.14. The van der Waals surface area contributed by atoms with E-state index < -0.39 is 11.5 Å². The van der Waals surface area contributed by atoms with Gasteiger partial charge in [-0.2, -0.15) is 0 Å². The predicted molar refractivity (Wildman–Crippen MR) is 81.2 cm³/mol. The highest BCUT2D eigenvalue weighted by Gasteiger charge is 2.37. The molecule has 2 saturated carbocycles. The molecule has 0 saturated heterocycles. The van der Waals surface area contributed by atoms with Crippen molar-refractivity contribution in [1.29, 1.82) is 0 Å². The molecule has 0 bridgehead atoms. The minimum atomic E-state index is -0.836. The monoisotopic (exact) mass is 296 g/mol. The van der Waals surface area contributed by atoms with Gasteiger partial charge in [0.25, 0.3) is 0 Å². The number of carbonyl (C=O) groups excluding carboxylic acids is 1. The first-order valence-corrected chi connectivity index (χ1v) is 8.31. The highest BCUT2D eigenvalue weighted by atomic mass is 16.4. The van der Waals surface area contributed by atoms with E-state index in [9.17, 15) is 9.59 Å². The van der Waals surface area contributed by atoms with Gasteiger partial charge in [-0.15, -0.1) is 0 Å². The van der Waals surface area contributed by atoms with E-state index in [4.69, 9.17) is 5.11 Å². The van der Waals surface area contributed by atoms with E-state index in [-0.39, 0.29) is 18.5 Å². The molecule has 5 heteroatoms. The first-order chi connectivity index (χ1) is 10.0. The maximum atomic E-state index is 12.2. The topological polar surface area (TPSA) is 78.4 Å². The van der Waals surface area contributed by atoms with Crippen LogP contribution in [-0.4, -0.2) is 28.7 Å². The fraction of sp³-hybridized carbons (Fsp3) is 0.875. The summed E-state index contributed by atoms with van der Waals surface area (Å²) in [5.74, 6) is -0.277. The van der Waals surface area contributed by atoms with E-state index in [2.05, 4.69) is 17.6 Å². The van der Waals surface area contributed by atoms with Crippen LogP contribution in [0, 0.1) is 5.92 Å². The molecular weight excluding hydrogens is 268 g/mol. The van der Waals surface area contributed by atoms with Gasteiger partial charge in [-0.05, 0) is 38.5 Å². The summed E-state index contributed by atoms with van der Waals surface area (Å²) in [5.41, 5.74) is -0.539. The molecular formula is C16H28N2O3. The normalized spacial score (nSPS) is 23.5. The van der Waals surface area contributed by atoms with E-state index in [1.807, 2.05) is 0 Å². The number of nitrogens with one attached hydrogen (secondary N) is 2. The van der Waals surface area contributed by atoms with E-state index in [1.54, 1.807) is 0 Å². The molecule has 0 aromatic carbocycles. The van der Waals surface area contributed by atoms with Crippen molar-refractivity contribution >= 4 is 12.0 Å². The maximum absolute atomic E-state index is 12.2. The predicted octanol–water partition coefficient (Wildman–Crippen LogP) is 3.04. The molecule has 2 aliphatic carbocycles. The second kappa shape index (κ2) is 7.14. The van der Waals surface area contributed by atoms with E-state index in [1.165, 1.54) is 32.1 Å². The standard InChI is InChI=1S/C16H28N2O3/c1-12(13-7-3-2-4-8-13)17-15(21)18-16(11-14(19)20)9-5-6-10-16/h12-13H,2-11H2,1H3,(H,19,20)(H2,17,18,21). The summed E-state index contributed by atoms with van der Waals surface area (Å²) in [6.07, 6.45) is 9.72. The molecule has 0 heterocycles. The molecule has 0 spiro atoms. The zero-order chi connectivity index (χ0) is 15.3. The third kappa shape index (κ3) is 4.61. The number of carboxylic acid groups (broad SMARTS) is 1. The average molecular weight is 296 g/mol. The van der Waals surface area contributed by atoms with Gasteiger partial charge in [0.1, 0.15) is 0 Å². The van der Waals surface area contributed by atoms with Crippen LogP contribution in [0.25, 0.3) is 0 Å².